The summed E-state index contributed by atoms with van der Waals surface area (Å²) in [5.74, 6) is 0. The molecular weight excluding hydrogens is 817 g/mol. The van der Waals surface area contributed by atoms with Crippen molar-refractivity contribution >= 4 is 38.9 Å². The van der Waals surface area contributed by atoms with Gasteiger partial charge in [0.2, 0.25) is 0 Å². The highest BCUT2D eigenvalue weighted by Gasteiger charge is 2.24. The highest BCUT2D eigenvalue weighted by molar-refractivity contribution is 6.00. The SMILES string of the molecule is Cc1cnc(-c2cc(-c3cn(C)c4ccccc34)cc(N(c3cc(-c4cc(-c5ccccc5)c(C)cn4)cc(-c4cn(C)c5ccccc45)c3)c3c(C)ccnc3C)c2)cc1-c1ccccc1. The van der Waals surface area contributed by atoms with Crippen LogP contribution in [0.5, 0.6) is 0 Å². The Morgan fingerprint density at radius 2 is 0.821 bits per heavy atom. The van der Waals surface area contributed by atoms with Crippen LogP contribution < -0.4 is 4.90 Å². The number of aromatic nitrogens is 5. The third kappa shape index (κ3) is 7.56. The first-order chi connectivity index (χ1) is 32.7. The van der Waals surface area contributed by atoms with Crippen LogP contribution in [0.15, 0.2) is 195 Å². The molecule has 11 aromatic rings. The second-order valence-corrected chi connectivity index (χ2v) is 17.8. The van der Waals surface area contributed by atoms with Gasteiger partial charge in [-0.15, -0.1) is 0 Å². The molecule has 0 radical (unpaired) electrons. The maximum absolute atomic E-state index is 5.15. The summed E-state index contributed by atoms with van der Waals surface area (Å²) in [6.07, 6.45) is 10.4. The van der Waals surface area contributed by atoms with Crippen LogP contribution in [0.1, 0.15) is 22.4 Å². The molecule has 0 spiro atoms. The van der Waals surface area contributed by atoms with Crippen molar-refractivity contribution in [1.29, 1.82) is 0 Å². The maximum Gasteiger partial charge on any atom is 0.0709 e. The van der Waals surface area contributed by atoms with E-state index in [1.807, 2.05) is 18.6 Å². The molecule has 0 saturated heterocycles. The average Bonchev–Trinajstić information content (AvgIpc) is 3.89. The van der Waals surface area contributed by atoms with Crippen molar-refractivity contribution < 1.29 is 0 Å². The Balaban J connectivity index is 1.21. The van der Waals surface area contributed by atoms with E-state index in [0.717, 1.165) is 106 Å². The van der Waals surface area contributed by atoms with Gasteiger partial charge < -0.3 is 14.0 Å². The van der Waals surface area contributed by atoms with Crippen LogP contribution in [0, 0.1) is 27.7 Å². The van der Waals surface area contributed by atoms with Crippen molar-refractivity contribution in [2.75, 3.05) is 4.90 Å². The number of rotatable bonds is 9. The average molecular weight is 867 g/mol. The van der Waals surface area contributed by atoms with E-state index in [9.17, 15) is 0 Å². The van der Waals surface area contributed by atoms with Crippen LogP contribution in [0.3, 0.4) is 0 Å². The summed E-state index contributed by atoms with van der Waals surface area (Å²) in [6.45, 7) is 8.57. The van der Waals surface area contributed by atoms with Crippen LogP contribution in [0.25, 0.3) is 88.8 Å². The van der Waals surface area contributed by atoms with Crippen molar-refractivity contribution in [2.45, 2.75) is 27.7 Å². The lowest BCUT2D eigenvalue weighted by Gasteiger charge is -2.30. The summed E-state index contributed by atoms with van der Waals surface area (Å²) < 4.78 is 4.44. The lowest BCUT2D eigenvalue weighted by Crippen LogP contribution is -2.14. The highest BCUT2D eigenvalue weighted by Crippen LogP contribution is 2.46. The Kier molecular flexibility index (Phi) is 10.4. The van der Waals surface area contributed by atoms with Gasteiger partial charge in [0.05, 0.1) is 22.8 Å². The fraction of sp³-hybridized carbons (Fsp3) is 0.0984. The molecule has 0 aliphatic rings. The zero-order valence-electron chi connectivity index (χ0n) is 38.7. The van der Waals surface area contributed by atoms with Gasteiger partial charge in [0, 0.05) is 101 Å². The van der Waals surface area contributed by atoms with Gasteiger partial charge in [-0.25, -0.2) is 0 Å². The minimum atomic E-state index is 0.898. The minimum Gasteiger partial charge on any atom is -0.350 e. The van der Waals surface area contributed by atoms with Crippen LogP contribution in [-0.4, -0.2) is 24.1 Å². The van der Waals surface area contributed by atoms with E-state index >= 15 is 0 Å². The number of hydrogen-bond acceptors (Lipinski definition) is 4. The van der Waals surface area contributed by atoms with E-state index in [1.165, 1.54) is 21.8 Å². The van der Waals surface area contributed by atoms with Crippen molar-refractivity contribution in [3.63, 3.8) is 0 Å². The molecule has 0 bridgehead atoms. The van der Waals surface area contributed by atoms with Crippen LogP contribution in [0.2, 0.25) is 0 Å². The molecule has 0 atom stereocenters. The van der Waals surface area contributed by atoms with Gasteiger partial charge in [-0.1, -0.05) is 97.1 Å². The molecule has 324 valence electrons. The van der Waals surface area contributed by atoms with Gasteiger partial charge in [-0.05, 0) is 144 Å². The second-order valence-electron chi connectivity index (χ2n) is 17.8. The zero-order chi connectivity index (χ0) is 45.8. The number of aryl methyl sites for hydroxylation is 6. The Morgan fingerprint density at radius 1 is 0.388 bits per heavy atom. The predicted octanol–water partition coefficient (Wildman–Crippen LogP) is 15.6. The molecule has 5 aromatic heterocycles. The van der Waals surface area contributed by atoms with E-state index < -0.39 is 0 Å². The summed E-state index contributed by atoms with van der Waals surface area (Å²) in [5, 5.41) is 2.38. The third-order valence-electron chi connectivity index (χ3n) is 13.3. The van der Waals surface area contributed by atoms with Crippen molar-refractivity contribution in [3.8, 4) is 67.0 Å². The fourth-order valence-electron chi connectivity index (χ4n) is 9.88. The van der Waals surface area contributed by atoms with Crippen molar-refractivity contribution in [3.05, 3.63) is 217 Å². The molecule has 0 unspecified atom stereocenters. The quantitative estimate of drug-likeness (QED) is 0.145. The highest BCUT2D eigenvalue weighted by atomic mass is 15.2. The third-order valence-corrected chi connectivity index (χ3v) is 13.3. The molecule has 0 N–H and O–H groups in total. The van der Waals surface area contributed by atoms with Gasteiger partial charge in [-0.3, -0.25) is 15.0 Å². The molecule has 0 aliphatic carbocycles. The minimum absolute atomic E-state index is 0.898. The van der Waals surface area contributed by atoms with Crippen molar-refractivity contribution in [2.24, 2.45) is 14.1 Å². The Labute approximate surface area is 392 Å². The number of anilines is 3. The molecule has 6 heteroatoms. The summed E-state index contributed by atoms with van der Waals surface area (Å²) in [4.78, 5) is 17.7. The molecule has 0 aliphatic heterocycles. The first-order valence-corrected chi connectivity index (χ1v) is 22.8. The van der Waals surface area contributed by atoms with E-state index in [-0.39, 0.29) is 0 Å². The van der Waals surface area contributed by atoms with E-state index in [0.29, 0.717) is 0 Å². The van der Waals surface area contributed by atoms with Gasteiger partial charge in [0.1, 0.15) is 0 Å². The summed E-state index contributed by atoms with van der Waals surface area (Å²) in [6, 6.07) is 59.0. The first-order valence-electron chi connectivity index (χ1n) is 22.8. The largest absolute Gasteiger partial charge is 0.350 e. The van der Waals surface area contributed by atoms with Gasteiger partial charge in [0.15, 0.2) is 0 Å². The number of benzene rings is 6. The molecule has 5 heterocycles. The standard InChI is InChI=1S/C61H50N6/c1-39-25-26-62-42(4)61(39)67(49-29-45(55-37-65(5)59-23-15-13-21-51(55)59)27-47(31-49)57-33-53(40(2)35-63-57)43-17-9-7-10-18-43)50-30-46(56-38-66(6)60-24-16-14-22-52(56)60)28-48(32-50)58-34-54(41(3)36-64-58)44-19-11-8-12-20-44/h7-38H,1-6H3. The fourth-order valence-corrected chi connectivity index (χ4v) is 9.88. The molecule has 11 rings (SSSR count). The van der Waals surface area contributed by atoms with Gasteiger partial charge in [0.25, 0.3) is 0 Å². The molecular formula is C61H50N6. The lowest BCUT2D eigenvalue weighted by atomic mass is 9.95. The van der Waals surface area contributed by atoms with Crippen LogP contribution >= 0.6 is 0 Å². The van der Waals surface area contributed by atoms with E-state index in [1.54, 1.807) is 0 Å². The normalized spacial score (nSPS) is 11.4. The topological polar surface area (TPSA) is 51.8 Å². The predicted molar refractivity (Wildman–Crippen MR) is 279 cm³/mol. The molecule has 6 aromatic carbocycles. The lowest BCUT2D eigenvalue weighted by molar-refractivity contribution is 0.970. The monoisotopic (exact) mass is 866 g/mol. The Bertz CT molecular complexity index is 3420. The number of hydrogen-bond donors (Lipinski definition) is 0. The molecule has 67 heavy (non-hydrogen) atoms. The van der Waals surface area contributed by atoms with E-state index in [2.05, 4.69) is 232 Å². The smallest absolute Gasteiger partial charge is 0.0709 e. The summed E-state index contributed by atoms with van der Waals surface area (Å²) >= 11 is 0. The Hall–Kier alpha value is -8.35. The molecule has 0 saturated carbocycles. The van der Waals surface area contributed by atoms with Gasteiger partial charge >= 0.3 is 0 Å². The molecule has 0 fully saturated rings. The number of fused-ring (bicyclic) bond motifs is 2. The number of pyridine rings is 3. The first kappa shape index (κ1) is 41.4. The molecule has 6 nitrogen and oxygen atoms in total. The summed E-state index contributed by atoms with van der Waals surface area (Å²) in [7, 11) is 4.25. The van der Waals surface area contributed by atoms with Gasteiger partial charge in [-0.2, -0.15) is 0 Å². The number of nitrogens with zero attached hydrogens (tertiary/aromatic N) is 6. The Morgan fingerprint density at radius 3 is 1.28 bits per heavy atom. The number of para-hydroxylation sites is 2. The molecule has 0 amide bonds. The maximum atomic E-state index is 5.15. The van der Waals surface area contributed by atoms with Crippen molar-refractivity contribution in [1.82, 2.24) is 24.1 Å². The van der Waals surface area contributed by atoms with E-state index in [4.69, 9.17) is 15.0 Å². The van der Waals surface area contributed by atoms with Crippen LogP contribution in [-0.2, 0) is 14.1 Å². The zero-order valence-corrected chi connectivity index (χ0v) is 38.7. The second kappa shape index (κ2) is 16.9. The summed E-state index contributed by atoms with van der Waals surface area (Å²) in [5.41, 5.74) is 22.6. The van der Waals surface area contributed by atoms with Crippen LogP contribution in [0.4, 0.5) is 17.1 Å².